The first-order chi connectivity index (χ1) is 7.09. The van der Waals surface area contributed by atoms with Crippen LogP contribution in [0.2, 0.25) is 0 Å². The molecule has 0 saturated heterocycles. The van der Waals surface area contributed by atoms with Crippen LogP contribution in [0, 0.1) is 0 Å². The monoisotopic (exact) mass is 200 g/mol. The van der Waals surface area contributed by atoms with Gasteiger partial charge in [0.2, 0.25) is 0 Å². The van der Waals surface area contributed by atoms with E-state index in [1.54, 1.807) is 0 Å². The van der Waals surface area contributed by atoms with Crippen LogP contribution >= 0.6 is 0 Å². The van der Waals surface area contributed by atoms with Crippen LogP contribution in [0.4, 0.5) is 0 Å². The SMILES string of the molecule is CC(C)c1cc2c(c(C(C)C)c1)C=CC2. The van der Waals surface area contributed by atoms with Crippen molar-refractivity contribution in [2.24, 2.45) is 0 Å². The smallest absolute Gasteiger partial charge is 0.00880 e. The molecule has 0 saturated carbocycles. The molecule has 2 rings (SSSR count). The zero-order chi connectivity index (χ0) is 11.0. The van der Waals surface area contributed by atoms with Gasteiger partial charge in [-0.15, -0.1) is 0 Å². The minimum Gasteiger partial charge on any atom is -0.0795 e. The lowest BCUT2D eigenvalue weighted by Crippen LogP contribution is -1.99. The van der Waals surface area contributed by atoms with Crippen LogP contribution in [-0.2, 0) is 6.42 Å². The quantitative estimate of drug-likeness (QED) is 0.659. The Balaban J connectivity index is 2.56. The molecule has 0 aromatic heterocycles. The number of benzene rings is 1. The molecule has 0 aliphatic heterocycles. The molecule has 0 unspecified atom stereocenters. The summed E-state index contributed by atoms with van der Waals surface area (Å²) in [5.41, 5.74) is 6.01. The van der Waals surface area contributed by atoms with E-state index in [9.17, 15) is 0 Å². The summed E-state index contributed by atoms with van der Waals surface area (Å²) in [5.74, 6) is 1.26. The van der Waals surface area contributed by atoms with Gasteiger partial charge in [-0.05, 0) is 40.5 Å². The highest BCUT2D eigenvalue weighted by Gasteiger charge is 2.15. The summed E-state index contributed by atoms with van der Waals surface area (Å²) in [6, 6.07) is 4.77. The topological polar surface area (TPSA) is 0 Å². The third-order valence-electron chi connectivity index (χ3n) is 3.23. The maximum atomic E-state index is 2.39. The average Bonchev–Trinajstić information content (AvgIpc) is 2.62. The molecule has 0 N–H and O–H groups in total. The lowest BCUT2D eigenvalue weighted by molar-refractivity contribution is 0.828. The summed E-state index contributed by atoms with van der Waals surface area (Å²) in [7, 11) is 0. The van der Waals surface area contributed by atoms with E-state index in [1.165, 1.54) is 22.3 Å². The predicted molar refractivity (Wildman–Crippen MR) is 67.4 cm³/mol. The van der Waals surface area contributed by atoms with Gasteiger partial charge in [0.15, 0.2) is 0 Å². The Hall–Kier alpha value is -1.04. The Labute approximate surface area is 93.0 Å². The normalized spacial score (nSPS) is 14.0. The van der Waals surface area contributed by atoms with Crippen molar-refractivity contribution >= 4 is 6.08 Å². The van der Waals surface area contributed by atoms with E-state index in [2.05, 4.69) is 52.0 Å². The van der Waals surface area contributed by atoms with Crippen molar-refractivity contribution in [3.8, 4) is 0 Å². The van der Waals surface area contributed by atoms with E-state index in [0.717, 1.165) is 6.42 Å². The van der Waals surface area contributed by atoms with Gasteiger partial charge in [-0.25, -0.2) is 0 Å². The molecule has 0 nitrogen and oxygen atoms in total. The maximum absolute atomic E-state index is 2.39. The number of allylic oxidation sites excluding steroid dienone is 1. The Bertz CT molecular complexity index is 395. The van der Waals surface area contributed by atoms with Crippen LogP contribution in [0.15, 0.2) is 18.2 Å². The van der Waals surface area contributed by atoms with Crippen molar-refractivity contribution in [2.75, 3.05) is 0 Å². The summed E-state index contributed by atoms with van der Waals surface area (Å²) in [4.78, 5) is 0. The lowest BCUT2D eigenvalue weighted by atomic mass is 9.89. The second kappa shape index (κ2) is 3.84. The van der Waals surface area contributed by atoms with Crippen molar-refractivity contribution in [3.05, 3.63) is 40.5 Å². The Morgan fingerprint density at radius 3 is 2.33 bits per heavy atom. The molecule has 0 fully saturated rings. The fourth-order valence-electron chi connectivity index (χ4n) is 2.25. The molecular formula is C15H20. The minimum atomic E-state index is 0.625. The first-order valence-electron chi connectivity index (χ1n) is 5.93. The van der Waals surface area contributed by atoms with E-state index in [0.29, 0.717) is 11.8 Å². The highest BCUT2D eigenvalue weighted by molar-refractivity contribution is 5.65. The molecule has 80 valence electrons. The largest absolute Gasteiger partial charge is 0.0795 e. The van der Waals surface area contributed by atoms with Crippen LogP contribution in [0.5, 0.6) is 0 Å². The van der Waals surface area contributed by atoms with Gasteiger partial charge in [-0.2, -0.15) is 0 Å². The maximum Gasteiger partial charge on any atom is -0.00880 e. The standard InChI is InChI=1S/C15H20/c1-10(2)13-8-12-6-5-7-14(12)15(9-13)11(3)4/h5,7-11H,6H2,1-4H3. The van der Waals surface area contributed by atoms with Crippen LogP contribution in [0.25, 0.3) is 6.08 Å². The highest BCUT2D eigenvalue weighted by Crippen LogP contribution is 2.32. The third kappa shape index (κ3) is 1.86. The lowest BCUT2D eigenvalue weighted by Gasteiger charge is -2.16. The highest BCUT2D eigenvalue weighted by atomic mass is 14.2. The molecular weight excluding hydrogens is 180 g/mol. The van der Waals surface area contributed by atoms with Crippen LogP contribution in [0.3, 0.4) is 0 Å². The van der Waals surface area contributed by atoms with E-state index in [-0.39, 0.29) is 0 Å². The molecule has 15 heavy (non-hydrogen) atoms. The van der Waals surface area contributed by atoms with E-state index in [1.807, 2.05) is 0 Å². The predicted octanol–water partition coefficient (Wildman–Crippen LogP) is 4.50. The van der Waals surface area contributed by atoms with Gasteiger partial charge in [0, 0.05) is 0 Å². The van der Waals surface area contributed by atoms with E-state index in [4.69, 9.17) is 0 Å². The molecule has 0 amide bonds. The van der Waals surface area contributed by atoms with Gasteiger partial charge in [0.05, 0.1) is 0 Å². The Morgan fingerprint density at radius 2 is 1.73 bits per heavy atom. The van der Waals surface area contributed by atoms with Crippen molar-refractivity contribution < 1.29 is 0 Å². The fraction of sp³-hybridized carbons (Fsp3) is 0.467. The number of hydrogen-bond donors (Lipinski definition) is 0. The van der Waals surface area contributed by atoms with Crippen LogP contribution in [0.1, 0.15) is 61.8 Å². The van der Waals surface area contributed by atoms with E-state index < -0.39 is 0 Å². The summed E-state index contributed by atoms with van der Waals surface area (Å²) in [5, 5.41) is 0. The third-order valence-corrected chi connectivity index (χ3v) is 3.23. The van der Waals surface area contributed by atoms with Gasteiger partial charge in [-0.3, -0.25) is 0 Å². The average molecular weight is 200 g/mol. The number of fused-ring (bicyclic) bond motifs is 1. The fourth-order valence-corrected chi connectivity index (χ4v) is 2.25. The van der Waals surface area contributed by atoms with Gasteiger partial charge in [-0.1, -0.05) is 52.0 Å². The molecule has 0 bridgehead atoms. The number of hydrogen-bond acceptors (Lipinski definition) is 0. The van der Waals surface area contributed by atoms with E-state index >= 15 is 0 Å². The summed E-state index contributed by atoms with van der Waals surface area (Å²) in [6.45, 7) is 9.11. The molecule has 1 aliphatic carbocycles. The first-order valence-corrected chi connectivity index (χ1v) is 5.93. The van der Waals surface area contributed by atoms with Gasteiger partial charge in [0.25, 0.3) is 0 Å². The molecule has 0 spiro atoms. The van der Waals surface area contributed by atoms with Gasteiger partial charge >= 0.3 is 0 Å². The molecule has 1 aliphatic rings. The van der Waals surface area contributed by atoms with Crippen molar-refractivity contribution in [1.29, 1.82) is 0 Å². The zero-order valence-corrected chi connectivity index (χ0v) is 10.2. The molecule has 1 aromatic rings. The van der Waals surface area contributed by atoms with Crippen molar-refractivity contribution in [1.82, 2.24) is 0 Å². The summed E-state index contributed by atoms with van der Waals surface area (Å²) in [6.07, 6.45) is 5.69. The summed E-state index contributed by atoms with van der Waals surface area (Å²) >= 11 is 0. The second-order valence-corrected chi connectivity index (χ2v) is 5.10. The van der Waals surface area contributed by atoms with Gasteiger partial charge < -0.3 is 0 Å². The molecule has 0 heteroatoms. The van der Waals surface area contributed by atoms with Crippen molar-refractivity contribution in [2.45, 2.75) is 46.0 Å². The first kappa shape index (κ1) is 10.5. The number of rotatable bonds is 2. The molecule has 1 aromatic carbocycles. The van der Waals surface area contributed by atoms with Gasteiger partial charge in [0.1, 0.15) is 0 Å². The Morgan fingerprint density at radius 1 is 1.00 bits per heavy atom. The summed E-state index contributed by atoms with van der Waals surface area (Å²) < 4.78 is 0. The van der Waals surface area contributed by atoms with Crippen molar-refractivity contribution in [3.63, 3.8) is 0 Å². The molecule has 0 radical (unpaired) electrons. The second-order valence-electron chi connectivity index (χ2n) is 5.10. The minimum absolute atomic E-state index is 0.625. The molecule has 0 atom stereocenters. The Kier molecular flexibility index (Phi) is 2.68. The molecule has 0 heterocycles. The zero-order valence-electron chi connectivity index (χ0n) is 10.2. The van der Waals surface area contributed by atoms with Crippen LogP contribution in [-0.4, -0.2) is 0 Å². The van der Waals surface area contributed by atoms with Crippen LogP contribution < -0.4 is 0 Å².